The highest BCUT2D eigenvalue weighted by Gasteiger charge is 2.48. The standard InChI is InChI=1S/C13H19N3O2.ClH/c1-7-4-10(18-16-7)6-15-13(17)11-8-2-3-9(5-8)12(11)14;/h4,8-9,11-12H,2-3,5-6,14H2,1H3,(H,15,17);1H. The number of carbonyl (C=O) groups is 1. The summed E-state index contributed by atoms with van der Waals surface area (Å²) in [7, 11) is 0. The van der Waals surface area contributed by atoms with Crippen LogP contribution in [0.25, 0.3) is 0 Å². The van der Waals surface area contributed by atoms with Crippen LogP contribution in [-0.2, 0) is 11.3 Å². The molecule has 2 aliphatic carbocycles. The van der Waals surface area contributed by atoms with Gasteiger partial charge >= 0.3 is 0 Å². The second kappa shape index (κ2) is 5.51. The fourth-order valence-electron chi connectivity index (χ4n) is 3.52. The predicted molar refractivity (Wildman–Crippen MR) is 72.6 cm³/mol. The van der Waals surface area contributed by atoms with E-state index in [1.165, 1.54) is 6.42 Å². The molecule has 0 radical (unpaired) electrons. The van der Waals surface area contributed by atoms with E-state index in [2.05, 4.69) is 10.5 Å². The first-order valence-corrected chi connectivity index (χ1v) is 6.60. The van der Waals surface area contributed by atoms with Crippen LogP contribution in [0.5, 0.6) is 0 Å². The van der Waals surface area contributed by atoms with Gasteiger partial charge in [0, 0.05) is 12.1 Å². The molecule has 106 valence electrons. The highest BCUT2D eigenvalue weighted by atomic mass is 35.5. The van der Waals surface area contributed by atoms with E-state index in [-0.39, 0.29) is 30.3 Å². The van der Waals surface area contributed by atoms with Crippen molar-refractivity contribution in [2.75, 3.05) is 0 Å². The number of halogens is 1. The van der Waals surface area contributed by atoms with Crippen molar-refractivity contribution < 1.29 is 9.32 Å². The van der Waals surface area contributed by atoms with Crippen molar-refractivity contribution in [2.45, 2.75) is 38.8 Å². The molecule has 0 spiro atoms. The summed E-state index contributed by atoms with van der Waals surface area (Å²) in [6, 6.07) is 1.88. The lowest BCUT2D eigenvalue weighted by Crippen LogP contribution is -2.45. The lowest BCUT2D eigenvalue weighted by atomic mass is 9.84. The third kappa shape index (κ3) is 2.62. The van der Waals surface area contributed by atoms with Crippen LogP contribution in [0.3, 0.4) is 0 Å². The largest absolute Gasteiger partial charge is 0.359 e. The Balaban J connectivity index is 0.00000133. The molecule has 1 heterocycles. The molecule has 5 nitrogen and oxygen atoms in total. The minimum atomic E-state index is -0.00670. The monoisotopic (exact) mass is 285 g/mol. The average molecular weight is 286 g/mol. The Morgan fingerprint density at radius 2 is 2.26 bits per heavy atom. The summed E-state index contributed by atoms with van der Waals surface area (Å²) in [5.74, 6) is 1.80. The molecule has 1 aromatic heterocycles. The maximum Gasteiger partial charge on any atom is 0.225 e. The molecular weight excluding hydrogens is 266 g/mol. The topological polar surface area (TPSA) is 81.2 Å². The number of nitrogens with one attached hydrogen (secondary N) is 1. The van der Waals surface area contributed by atoms with Crippen molar-refractivity contribution in [2.24, 2.45) is 23.5 Å². The Bertz CT molecular complexity index is 460. The van der Waals surface area contributed by atoms with Crippen LogP contribution in [0.15, 0.2) is 10.6 Å². The first-order chi connectivity index (χ1) is 8.65. The second-order valence-corrected chi connectivity index (χ2v) is 5.59. The Morgan fingerprint density at radius 3 is 2.84 bits per heavy atom. The fraction of sp³-hybridized carbons (Fsp3) is 0.692. The molecule has 1 amide bonds. The van der Waals surface area contributed by atoms with Crippen molar-refractivity contribution in [3.05, 3.63) is 17.5 Å². The van der Waals surface area contributed by atoms with Crippen LogP contribution in [-0.4, -0.2) is 17.1 Å². The van der Waals surface area contributed by atoms with E-state index in [4.69, 9.17) is 10.3 Å². The molecule has 19 heavy (non-hydrogen) atoms. The van der Waals surface area contributed by atoms with Gasteiger partial charge in [-0.25, -0.2) is 0 Å². The summed E-state index contributed by atoms with van der Waals surface area (Å²) in [6.45, 7) is 2.26. The zero-order valence-electron chi connectivity index (χ0n) is 11.0. The van der Waals surface area contributed by atoms with Gasteiger partial charge in [-0.05, 0) is 38.0 Å². The molecule has 2 bridgehead atoms. The summed E-state index contributed by atoms with van der Waals surface area (Å²) in [4.78, 5) is 12.2. The van der Waals surface area contributed by atoms with Crippen LogP contribution in [0, 0.1) is 24.7 Å². The lowest BCUT2D eigenvalue weighted by molar-refractivity contribution is -0.127. The second-order valence-electron chi connectivity index (χ2n) is 5.59. The van der Waals surface area contributed by atoms with Crippen LogP contribution in [0.1, 0.15) is 30.7 Å². The van der Waals surface area contributed by atoms with Gasteiger partial charge in [0.25, 0.3) is 0 Å². The molecule has 6 heteroatoms. The number of nitrogens with two attached hydrogens (primary N) is 1. The molecule has 0 aromatic carbocycles. The van der Waals surface area contributed by atoms with Gasteiger partial charge in [-0.2, -0.15) is 0 Å². The molecule has 4 unspecified atom stereocenters. The van der Waals surface area contributed by atoms with Crippen LogP contribution in [0.2, 0.25) is 0 Å². The minimum absolute atomic E-state index is 0. The van der Waals surface area contributed by atoms with Crippen molar-refractivity contribution in [3.63, 3.8) is 0 Å². The Morgan fingerprint density at radius 1 is 1.53 bits per heavy atom. The van der Waals surface area contributed by atoms with E-state index in [1.54, 1.807) is 0 Å². The molecule has 3 rings (SSSR count). The first kappa shape index (κ1) is 14.3. The quantitative estimate of drug-likeness (QED) is 0.879. The molecule has 3 N–H and O–H groups in total. The van der Waals surface area contributed by atoms with E-state index in [1.807, 2.05) is 13.0 Å². The van der Waals surface area contributed by atoms with E-state index in [9.17, 15) is 4.79 Å². The first-order valence-electron chi connectivity index (χ1n) is 6.60. The van der Waals surface area contributed by atoms with E-state index in [0.29, 0.717) is 24.1 Å². The number of aromatic nitrogens is 1. The summed E-state index contributed by atoms with van der Waals surface area (Å²) in [5.41, 5.74) is 6.97. The number of amides is 1. The number of carbonyl (C=O) groups excluding carboxylic acids is 1. The summed E-state index contributed by atoms with van der Waals surface area (Å²) >= 11 is 0. The highest BCUT2D eigenvalue weighted by molar-refractivity contribution is 5.85. The molecule has 1 aromatic rings. The van der Waals surface area contributed by atoms with Crippen molar-refractivity contribution in [1.82, 2.24) is 10.5 Å². The van der Waals surface area contributed by atoms with Gasteiger partial charge in [0.15, 0.2) is 5.76 Å². The molecular formula is C13H20ClN3O2. The molecule has 2 aliphatic rings. The Hall–Kier alpha value is -1.07. The average Bonchev–Trinajstić information content (AvgIpc) is 3.02. The van der Waals surface area contributed by atoms with Gasteiger partial charge in [-0.3, -0.25) is 4.79 Å². The maximum absolute atomic E-state index is 12.2. The van der Waals surface area contributed by atoms with Crippen LogP contribution < -0.4 is 11.1 Å². The minimum Gasteiger partial charge on any atom is -0.359 e. The Kier molecular flexibility index (Phi) is 4.16. The number of nitrogens with zero attached hydrogens (tertiary/aromatic N) is 1. The molecule has 0 saturated heterocycles. The Labute approximate surface area is 118 Å². The zero-order chi connectivity index (χ0) is 12.7. The SMILES string of the molecule is Cc1cc(CNC(=O)C2C3CCC(C3)C2N)on1.Cl. The summed E-state index contributed by atoms with van der Waals surface area (Å²) < 4.78 is 5.07. The van der Waals surface area contributed by atoms with Crippen molar-refractivity contribution in [3.8, 4) is 0 Å². The number of aryl methyl sites for hydroxylation is 1. The third-order valence-corrected chi connectivity index (χ3v) is 4.40. The summed E-state index contributed by atoms with van der Waals surface area (Å²) in [5, 5.41) is 6.71. The van der Waals surface area contributed by atoms with Crippen molar-refractivity contribution >= 4 is 18.3 Å². The lowest BCUT2D eigenvalue weighted by Gasteiger charge is -2.26. The third-order valence-electron chi connectivity index (χ3n) is 4.40. The zero-order valence-corrected chi connectivity index (χ0v) is 11.8. The van der Waals surface area contributed by atoms with Crippen LogP contribution in [0.4, 0.5) is 0 Å². The van der Waals surface area contributed by atoms with Gasteiger partial charge in [-0.15, -0.1) is 12.4 Å². The number of rotatable bonds is 3. The molecule has 2 fully saturated rings. The van der Waals surface area contributed by atoms with E-state index >= 15 is 0 Å². The van der Waals surface area contributed by atoms with Gasteiger partial charge in [-0.1, -0.05) is 5.16 Å². The van der Waals surface area contributed by atoms with Gasteiger partial charge in [0.1, 0.15) is 0 Å². The van der Waals surface area contributed by atoms with Gasteiger partial charge < -0.3 is 15.6 Å². The van der Waals surface area contributed by atoms with E-state index < -0.39 is 0 Å². The fourth-order valence-corrected chi connectivity index (χ4v) is 3.52. The highest BCUT2D eigenvalue weighted by Crippen LogP contribution is 2.47. The van der Waals surface area contributed by atoms with E-state index in [0.717, 1.165) is 18.5 Å². The number of hydrogen-bond donors (Lipinski definition) is 2. The molecule has 0 aliphatic heterocycles. The van der Waals surface area contributed by atoms with Crippen LogP contribution >= 0.6 is 12.4 Å². The van der Waals surface area contributed by atoms with Gasteiger partial charge in [0.2, 0.25) is 5.91 Å². The summed E-state index contributed by atoms with van der Waals surface area (Å²) in [6.07, 6.45) is 3.47. The number of fused-ring (bicyclic) bond motifs is 2. The maximum atomic E-state index is 12.2. The smallest absolute Gasteiger partial charge is 0.225 e. The van der Waals surface area contributed by atoms with Crippen molar-refractivity contribution in [1.29, 1.82) is 0 Å². The predicted octanol–water partition coefficient (Wildman–Crippen LogP) is 1.39. The van der Waals surface area contributed by atoms with Gasteiger partial charge in [0.05, 0.1) is 18.2 Å². The molecule has 4 atom stereocenters. The normalized spacial score (nSPS) is 32.1. The number of hydrogen-bond acceptors (Lipinski definition) is 4. The molecule has 2 saturated carbocycles.